The summed E-state index contributed by atoms with van der Waals surface area (Å²) in [6.07, 6.45) is -0.0421. The molecule has 1 N–H and O–H groups in total. The van der Waals surface area contributed by atoms with Gasteiger partial charge in [0.25, 0.3) is 0 Å². The van der Waals surface area contributed by atoms with Gasteiger partial charge in [0.2, 0.25) is 10.0 Å². The number of Topliss-reactive ketones (excluding diaryl/α,β-unsaturated/α-hetero) is 2. The highest BCUT2D eigenvalue weighted by Gasteiger charge is 2.39. The van der Waals surface area contributed by atoms with Crippen LogP contribution in [-0.4, -0.2) is 44.5 Å². The molecule has 0 aliphatic heterocycles. The molecule has 0 amide bonds. The normalized spacial score (nSPS) is 16.1. The molecule has 282 valence electrons. The Morgan fingerprint density at radius 3 is 2.00 bits per heavy atom. The van der Waals surface area contributed by atoms with Crippen molar-refractivity contribution >= 4 is 27.3 Å². The molecule has 0 radical (unpaired) electrons. The Bertz CT molecular complexity index is 1980. The van der Waals surface area contributed by atoms with E-state index in [4.69, 9.17) is 0 Å². The molecule has 53 heavy (non-hydrogen) atoms. The van der Waals surface area contributed by atoms with Crippen molar-refractivity contribution < 1.29 is 36.3 Å². The lowest BCUT2D eigenvalue weighted by Gasteiger charge is -2.33. The molecule has 0 aromatic heterocycles. The average molecular weight is 748 g/mol. The molecule has 6 nitrogen and oxygen atoms in total. The van der Waals surface area contributed by atoms with Gasteiger partial charge in [-0.2, -0.15) is 13.2 Å². The lowest BCUT2D eigenvalue weighted by Crippen LogP contribution is -2.30. The van der Waals surface area contributed by atoms with E-state index in [9.17, 15) is 36.3 Å². The number of nitrogens with zero attached hydrogens (tertiary/aromatic N) is 1. The summed E-state index contributed by atoms with van der Waals surface area (Å²) in [5, 5.41) is 11.8. The summed E-state index contributed by atoms with van der Waals surface area (Å²) in [5.74, 6) is -1.27. The van der Waals surface area contributed by atoms with E-state index in [1.54, 1.807) is 6.07 Å². The van der Waals surface area contributed by atoms with E-state index >= 15 is 0 Å². The monoisotopic (exact) mass is 747 g/mol. The van der Waals surface area contributed by atoms with E-state index in [0.717, 1.165) is 40.6 Å². The first-order valence-electron chi connectivity index (χ1n) is 18.2. The minimum absolute atomic E-state index is 0.0906. The van der Waals surface area contributed by atoms with Crippen LogP contribution in [0.2, 0.25) is 0 Å². The standard InChI is InChI=1S/C43H48F3NO5S/c1-30(32-15-8-5-9-16-32)23-40(49)34-25-35(27-38(26-34)47(2)53(3,51)52)41(50)28-33(24-31-13-6-4-7-14-31)39(48)19-22-42(20-10-11-21-42)36-17-12-18-37(29-36)43(44,45)46/h4-9,12-18,25-27,29-30,33,39,48H,10-11,19-24,28H2,1-3H3/t30-,33+,39+/m0/s1. The van der Waals surface area contributed by atoms with E-state index in [1.165, 1.54) is 37.4 Å². The van der Waals surface area contributed by atoms with Crippen LogP contribution in [0, 0.1) is 5.92 Å². The zero-order valence-electron chi connectivity index (χ0n) is 30.5. The second-order valence-electron chi connectivity index (χ2n) is 14.7. The number of ketones is 2. The fourth-order valence-electron chi connectivity index (χ4n) is 7.64. The number of hydrogen-bond donors (Lipinski definition) is 1. The topological polar surface area (TPSA) is 91.8 Å². The van der Waals surface area contributed by atoms with Crippen molar-refractivity contribution in [1.29, 1.82) is 0 Å². The fraction of sp³-hybridized carbons (Fsp3) is 0.395. The van der Waals surface area contributed by atoms with Crippen molar-refractivity contribution in [2.45, 2.75) is 88.3 Å². The Kier molecular flexibility index (Phi) is 12.7. The molecule has 0 spiro atoms. The third kappa shape index (κ3) is 10.2. The number of rotatable bonds is 16. The molecule has 10 heteroatoms. The number of alkyl halides is 3. The lowest BCUT2D eigenvalue weighted by atomic mass is 9.73. The Balaban J connectivity index is 1.42. The second kappa shape index (κ2) is 16.8. The number of aliphatic hydroxyl groups excluding tert-OH is 1. The maximum absolute atomic E-state index is 14.2. The maximum Gasteiger partial charge on any atom is 0.416 e. The predicted molar refractivity (Wildman–Crippen MR) is 203 cm³/mol. The zero-order valence-corrected chi connectivity index (χ0v) is 31.3. The molecular formula is C43H48F3NO5S. The van der Waals surface area contributed by atoms with Crippen LogP contribution in [0.5, 0.6) is 0 Å². The van der Waals surface area contributed by atoms with Crippen molar-refractivity contribution in [3.8, 4) is 0 Å². The number of carbonyl (C=O) groups is 2. The third-order valence-corrected chi connectivity index (χ3v) is 12.1. The average Bonchev–Trinajstić information content (AvgIpc) is 3.63. The van der Waals surface area contributed by atoms with Gasteiger partial charge in [-0.05, 0) is 90.3 Å². The van der Waals surface area contributed by atoms with E-state index in [0.29, 0.717) is 31.2 Å². The van der Waals surface area contributed by atoms with Crippen LogP contribution in [0.25, 0.3) is 0 Å². The SMILES string of the molecule is C[C@@H](CC(=O)c1cc(C(=O)C[C@@H](Cc2ccccc2)[C@H](O)CCC2(c3cccc(C(F)(F)F)c3)CCCC2)cc(N(C)S(C)(=O)=O)c1)c1ccccc1. The second-order valence-corrected chi connectivity index (χ2v) is 16.7. The van der Waals surface area contributed by atoms with Crippen molar-refractivity contribution in [2.24, 2.45) is 5.92 Å². The van der Waals surface area contributed by atoms with E-state index in [2.05, 4.69) is 0 Å². The van der Waals surface area contributed by atoms with Gasteiger partial charge < -0.3 is 5.11 Å². The summed E-state index contributed by atoms with van der Waals surface area (Å²) in [4.78, 5) is 27.8. The number of halogens is 3. The molecule has 0 bridgehead atoms. The largest absolute Gasteiger partial charge is 0.416 e. The van der Waals surface area contributed by atoms with Crippen LogP contribution >= 0.6 is 0 Å². The molecule has 0 heterocycles. The van der Waals surface area contributed by atoms with Crippen LogP contribution in [0.15, 0.2) is 103 Å². The molecule has 1 fully saturated rings. The molecule has 1 aliphatic rings. The third-order valence-electron chi connectivity index (χ3n) is 10.9. The van der Waals surface area contributed by atoms with Crippen molar-refractivity contribution in [2.75, 3.05) is 17.6 Å². The zero-order chi connectivity index (χ0) is 38.4. The Morgan fingerprint density at radius 1 is 0.830 bits per heavy atom. The first-order chi connectivity index (χ1) is 25.1. The van der Waals surface area contributed by atoms with Crippen LogP contribution in [0.3, 0.4) is 0 Å². The summed E-state index contributed by atoms with van der Waals surface area (Å²) in [5.41, 5.74) is 1.87. The van der Waals surface area contributed by atoms with Crippen molar-refractivity contribution in [3.05, 3.63) is 137 Å². The number of sulfonamides is 1. The molecule has 4 aromatic carbocycles. The summed E-state index contributed by atoms with van der Waals surface area (Å²) < 4.78 is 67.2. The van der Waals surface area contributed by atoms with Gasteiger partial charge in [0.15, 0.2) is 11.6 Å². The maximum atomic E-state index is 14.2. The highest BCUT2D eigenvalue weighted by atomic mass is 32.2. The van der Waals surface area contributed by atoms with E-state index in [-0.39, 0.29) is 53.6 Å². The van der Waals surface area contributed by atoms with Gasteiger partial charge in [0.05, 0.1) is 23.6 Å². The van der Waals surface area contributed by atoms with Crippen LogP contribution in [-0.2, 0) is 28.0 Å². The van der Waals surface area contributed by atoms with Gasteiger partial charge in [-0.3, -0.25) is 13.9 Å². The molecule has 5 rings (SSSR count). The number of hydrogen-bond acceptors (Lipinski definition) is 5. The summed E-state index contributed by atoms with van der Waals surface area (Å²) >= 11 is 0. The highest BCUT2D eigenvalue weighted by Crippen LogP contribution is 2.46. The minimum atomic E-state index is -4.46. The predicted octanol–water partition coefficient (Wildman–Crippen LogP) is 9.56. The highest BCUT2D eigenvalue weighted by molar-refractivity contribution is 7.92. The van der Waals surface area contributed by atoms with Crippen LogP contribution in [0.4, 0.5) is 18.9 Å². The molecule has 1 saturated carbocycles. The lowest BCUT2D eigenvalue weighted by molar-refractivity contribution is -0.137. The van der Waals surface area contributed by atoms with Gasteiger partial charge in [0.1, 0.15) is 0 Å². The molecule has 1 aliphatic carbocycles. The minimum Gasteiger partial charge on any atom is -0.393 e. The summed E-state index contributed by atoms with van der Waals surface area (Å²) in [6, 6.07) is 29.0. The van der Waals surface area contributed by atoms with E-state index in [1.807, 2.05) is 67.6 Å². The summed E-state index contributed by atoms with van der Waals surface area (Å²) in [6.45, 7) is 1.93. The summed E-state index contributed by atoms with van der Waals surface area (Å²) in [7, 11) is -2.36. The first kappa shape index (κ1) is 39.9. The quantitative estimate of drug-likeness (QED) is 0.115. The molecular weight excluding hydrogens is 700 g/mol. The Morgan fingerprint density at radius 2 is 1.42 bits per heavy atom. The van der Waals surface area contributed by atoms with Crippen LogP contribution < -0.4 is 4.31 Å². The number of benzene rings is 4. The Labute approximate surface area is 311 Å². The number of aliphatic hydroxyl groups is 1. The van der Waals surface area contributed by atoms with Gasteiger partial charge in [-0.1, -0.05) is 98.6 Å². The molecule has 4 aromatic rings. The first-order valence-corrected chi connectivity index (χ1v) is 20.0. The van der Waals surface area contributed by atoms with Gasteiger partial charge >= 0.3 is 6.18 Å². The molecule has 0 unspecified atom stereocenters. The van der Waals surface area contributed by atoms with Gasteiger partial charge in [-0.25, -0.2) is 8.42 Å². The van der Waals surface area contributed by atoms with Crippen LogP contribution in [0.1, 0.15) is 107 Å². The molecule has 0 saturated heterocycles. The fourth-order valence-corrected chi connectivity index (χ4v) is 8.13. The smallest absolute Gasteiger partial charge is 0.393 e. The molecule has 3 atom stereocenters. The van der Waals surface area contributed by atoms with Gasteiger partial charge in [0, 0.05) is 31.0 Å². The Hall–Kier alpha value is -4.28. The van der Waals surface area contributed by atoms with Crippen molar-refractivity contribution in [1.82, 2.24) is 0 Å². The van der Waals surface area contributed by atoms with E-state index < -0.39 is 39.2 Å². The number of carbonyl (C=O) groups excluding carboxylic acids is 2. The van der Waals surface area contributed by atoms with Crippen molar-refractivity contribution in [3.63, 3.8) is 0 Å². The van der Waals surface area contributed by atoms with Gasteiger partial charge in [-0.15, -0.1) is 0 Å². The number of anilines is 1.